The summed E-state index contributed by atoms with van der Waals surface area (Å²) in [5.74, 6) is -0.298. The molecule has 3 heteroatoms. The third kappa shape index (κ3) is 2.45. The fourth-order valence-corrected chi connectivity index (χ4v) is 1.88. The van der Waals surface area contributed by atoms with Crippen molar-refractivity contribution in [1.82, 2.24) is 0 Å². The summed E-state index contributed by atoms with van der Waals surface area (Å²) in [7, 11) is 0. The zero-order chi connectivity index (χ0) is 13.3. The molecule has 0 atom stereocenters. The van der Waals surface area contributed by atoms with Crippen LogP contribution in [0, 0.1) is 26.6 Å². The van der Waals surface area contributed by atoms with Crippen molar-refractivity contribution in [2.24, 2.45) is 0 Å². The van der Waals surface area contributed by atoms with Crippen molar-refractivity contribution in [3.8, 4) is 0 Å². The molecule has 2 rings (SSSR count). The number of hydrogen-bond donors (Lipinski definition) is 2. The standard InChI is InChI=1S/C15H17FN2/c1-9-6-11(3)14(7-10(9)2)18-15-8-12(16)4-5-13(15)17/h4-8,18H,17H2,1-3H3. The minimum atomic E-state index is -0.298. The highest BCUT2D eigenvalue weighted by molar-refractivity contribution is 5.74. The van der Waals surface area contributed by atoms with Crippen LogP contribution in [0.5, 0.6) is 0 Å². The molecule has 0 aromatic heterocycles. The molecular formula is C15H17FN2. The Morgan fingerprint density at radius 2 is 1.56 bits per heavy atom. The molecule has 0 aliphatic heterocycles. The molecule has 0 spiro atoms. The molecule has 3 N–H and O–H groups in total. The zero-order valence-corrected chi connectivity index (χ0v) is 10.8. The molecule has 0 fully saturated rings. The Labute approximate surface area is 107 Å². The highest BCUT2D eigenvalue weighted by Crippen LogP contribution is 2.27. The average molecular weight is 244 g/mol. The van der Waals surface area contributed by atoms with Crippen molar-refractivity contribution in [1.29, 1.82) is 0 Å². The molecule has 0 unspecified atom stereocenters. The van der Waals surface area contributed by atoms with Gasteiger partial charge in [-0.1, -0.05) is 6.07 Å². The number of rotatable bonds is 2. The maximum atomic E-state index is 13.2. The topological polar surface area (TPSA) is 38.0 Å². The summed E-state index contributed by atoms with van der Waals surface area (Å²) in [6.45, 7) is 6.14. The fourth-order valence-electron chi connectivity index (χ4n) is 1.88. The molecule has 0 radical (unpaired) electrons. The first-order valence-corrected chi connectivity index (χ1v) is 5.87. The first-order valence-electron chi connectivity index (χ1n) is 5.87. The Morgan fingerprint density at radius 3 is 2.28 bits per heavy atom. The lowest BCUT2D eigenvalue weighted by molar-refractivity contribution is 0.628. The van der Waals surface area contributed by atoms with Gasteiger partial charge in [0.25, 0.3) is 0 Å². The van der Waals surface area contributed by atoms with E-state index < -0.39 is 0 Å². The molecule has 2 aromatic rings. The van der Waals surface area contributed by atoms with Crippen LogP contribution < -0.4 is 11.1 Å². The Bertz CT molecular complexity index is 591. The SMILES string of the molecule is Cc1cc(C)c(Nc2cc(F)ccc2N)cc1C. The second-order valence-corrected chi connectivity index (χ2v) is 4.61. The van der Waals surface area contributed by atoms with E-state index in [9.17, 15) is 4.39 Å². The maximum Gasteiger partial charge on any atom is 0.125 e. The number of aryl methyl sites for hydroxylation is 3. The van der Waals surface area contributed by atoms with Crippen molar-refractivity contribution in [3.63, 3.8) is 0 Å². The molecule has 2 aromatic carbocycles. The van der Waals surface area contributed by atoms with Crippen LogP contribution in [0.15, 0.2) is 30.3 Å². The molecule has 0 heterocycles. The third-order valence-corrected chi connectivity index (χ3v) is 3.13. The zero-order valence-electron chi connectivity index (χ0n) is 10.8. The van der Waals surface area contributed by atoms with Gasteiger partial charge in [-0.25, -0.2) is 4.39 Å². The molecular weight excluding hydrogens is 227 g/mol. The van der Waals surface area contributed by atoms with Crippen LogP contribution in [-0.2, 0) is 0 Å². The Morgan fingerprint density at radius 1 is 0.889 bits per heavy atom. The number of nitrogen functional groups attached to an aromatic ring is 1. The Hall–Kier alpha value is -2.03. The molecule has 18 heavy (non-hydrogen) atoms. The van der Waals surface area contributed by atoms with Gasteiger partial charge in [-0.3, -0.25) is 0 Å². The lowest BCUT2D eigenvalue weighted by atomic mass is 10.0. The van der Waals surface area contributed by atoms with Gasteiger partial charge in [0.2, 0.25) is 0 Å². The number of halogens is 1. The van der Waals surface area contributed by atoms with Gasteiger partial charge in [-0.2, -0.15) is 0 Å². The van der Waals surface area contributed by atoms with Crippen LogP contribution in [0.4, 0.5) is 21.5 Å². The largest absolute Gasteiger partial charge is 0.397 e. The van der Waals surface area contributed by atoms with Gasteiger partial charge in [0.05, 0.1) is 11.4 Å². The summed E-state index contributed by atoms with van der Waals surface area (Å²) in [6.07, 6.45) is 0. The van der Waals surface area contributed by atoms with E-state index in [0.29, 0.717) is 11.4 Å². The molecule has 0 aliphatic rings. The number of nitrogens with one attached hydrogen (secondary N) is 1. The molecule has 0 bridgehead atoms. The summed E-state index contributed by atoms with van der Waals surface area (Å²) in [5.41, 5.74) is 11.5. The van der Waals surface area contributed by atoms with E-state index in [-0.39, 0.29) is 5.82 Å². The van der Waals surface area contributed by atoms with Crippen LogP contribution >= 0.6 is 0 Å². The van der Waals surface area contributed by atoms with Crippen LogP contribution in [-0.4, -0.2) is 0 Å². The normalized spacial score (nSPS) is 10.4. The van der Waals surface area contributed by atoms with E-state index in [2.05, 4.69) is 31.3 Å². The van der Waals surface area contributed by atoms with Crippen molar-refractivity contribution in [2.45, 2.75) is 20.8 Å². The van der Waals surface area contributed by atoms with Crippen molar-refractivity contribution in [2.75, 3.05) is 11.1 Å². The molecule has 0 saturated heterocycles. The number of benzene rings is 2. The van der Waals surface area contributed by atoms with Gasteiger partial charge in [-0.15, -0.1) is 0 Å². The quantitative estimate of drug-likeness (QED) is 0.781. The monoisotopic (exact) mass is 244 g/mol. The molecule has 2 nitrogen and oxygen atoms in total. The molecule has 0 saturated carbocycles. The van der Waals surface area contributed by atoms with Gasteiger partial charge in [0.1, 0.15) is 5.82 Å². The van der Waals surface area contributed by atoms with E-state index in [1.54, 1.807) is 6.07 Å². The molecule has 0 amide bonds. The summed E-state index contributed by atoms with van der Waals surface area (Å²) >= 11 is 0. The summed E-state index contributed by atoms with van der Waals surface area (Å²) in [4.78, 5) is 0. The Balaban J connectivity index is 2.40. The first kappa shape index (κ1) is 12.4. The van der Waals surface area contributed by atoms with E-state index in [4.69, 9.17) is 5.73 Å². The van der Waals surface area contributed by atoms with Crippen molar-refractivity contribution < 1.29 is 4.39 Å². The first-order chi connectivity index (χ1) is 8.47. The highest BCUT2D eigenvalue weighted by atomic mass is 19.1. The summed E-state index contributed by atoms with van der Waals surface area (Å²) < 4.78 is 13.2. The summed E-state index contributed by atoms with van der Waals surface area (Å²) in [6, 6.07) is 8.48. The lowest BCUT2D eigenvalue weighted by Gasteiger charge is -2.14. The highest BCUT2D eigenvalue weighted by Gasteiger charge is 2.05. The van der Waals surface area contributed by atoms with Crippen LogP contribution in [0.1, 0.15) is 16.7 Å². The predicted octanol–water partition coefficient (Wildman–Crippen LogP) is 4.08. The van der Waals surface area contributed by atoms with Gasteiger partial charge < -0.3 is 11.1 Å². The summed E-state index contributed by atoms with van der Waals surface area (Å²) in [5, 5.41) is 3.18. The Kier molecular flexibility index (Phi) is 3.24. The number of hydrogen-bond acceptors (Lipinski definition) is 2. The van der Waals surface area contributed by atoms with Crippen molar-refractivity contribution >= 4 is 17.1 Å². The van der Waals surface area contributed by atoms with Crippen LogP contribution in [0.25, 0.3) is 0 Å². The average Bonchev–Trinajstić information content (AvgIpc) is 2.30. The number of nitrogens with two attached hydrogens (primary N) is 1. The van der Waals surface area contributed by atoms with E-state index >= 15 is 0 Å². The maximum absolute atomic E-state index is 13.2. The lowest BCUT2D eigenvalue weighted by Crippen LogP contribution is -1.99. The van der Waals surface area contributed by atoms with Crippen LogP contribution in [0.2, 0.25) is 0 Å². The molecule has 0 aliphatic carbocycles. The van der Waals surface area contributed by atoms with Crippen LogP contribution in [0.3, 0.4) is 0 Å². The fraction of sp³-hybridized carbons (Fsp3) is 0.200. The second kappa shape index (κ2) is 4.69. The third-order valence-electron chi connectivity index (χ3n) is 3.13. The van der Waals surface area contributed by atoms with Crippen molar-refractivity contribution in [3.05, 3.63) is 52.8 Å². The number of anilines is 3. The second-order valence-electron chi connectivity index (χ2n) is 4.61. The minimum Gasteiger partial charge on any atom is -0.397 e. The van der Waals surface area contributed by atoms with Gasteiger partial charge in [0.15, 0.2) is 0 Å². The van der Waals surface area contributed by atoms with Gasteiger partial charge in [-0.05, 0) is 61.7 Å². The predicted molar refractivity (Wildman–Crippen MR) is 74.7 cm³/mol. The van der Waals surface area contributed by atoms with E-state index in [1.807, 2.05) is 6.92 Å². The smallest absolute Gasteiger partial charge is 0.125 e. The van der Waals surface area contributed by atoms with E-state index in [0.717, 1.165) is 11.3 Å². The molecule has 94 valence electrons. The minimum absolute atomic E-state index is 0.298. The van der Waals surface area contributed by atoms with Gasteiger partial charge >= 0.3 is 0 Å². The van der Waals surface area contributed by atoms with Gasteiger partial charge in [0, 0.05) is 5.69 Å². The van der Waals surface area contributed by atoms with E-state index in [1.165, 1.54) is 23.3 Å².